The van der Waals surface area contributed by atoms with Gasteiger partial charge in [0.2, 0.25) is 0 Å². The van der Waals surface area contributed by atoms with Crippen molar-refractivity contribution in [1.29, 1.82) is 0 Å². The van der Waals surface area contributed by atoms with Gasteiger partial charge in [0.1, 0.15) is 12.4 Å². The molecule has 1 aromatic carbocycles. The SMILES string of the molecule is N[C@@H](c1ccc(Br)c(F)c1)C(F)(F)CO. The third-order valence-corrected chi connectivity index (χ3v) is 2.61. The van der Waals surface area contributed by atoms with Crippen LogP contribution in [0.25, 0.3) is 0 Å². The van der Waals surface area contributed by atoms with Crippen LogP contribution in [0.4, 0.5) is 13.2 Å². The van der Waals surface area contributed by atoms with Gasteiger partial charge in [-0.1, -0.05) is 6.07 Å². The molecular weight excluding hydrogens is 275 g/mol. The van der Waals surface area contributed by atoms with Gasteiger partial charge in [-0.3, -0.25) is 0 Å². The van der Waals surface area contributed by atoms with Gasteiger partial charge < -0.3 is 10.8 Å². The van der Waals surface area contributed by atoms with Crippen LogP contribution in [0.2, 0.25) is 0 Å². The Hall–Kier alpha value is -0.590. The number of hydrogen-bond donors (Lipinski definition) is 2. The van der Waals surface area contributed by atoms with Crippen molar-refractivity contribution < 1.29 is 18.3 Å². The fourth-order valence-electron chi connectivity index (χ4n) is 1.05. The molecule has 0 unspecified atom stereocenters. The smallest absolute Gasteiger partial charge is 0.289 e. The predicted octanol–water partition coefficient (Wildman–Crippen LogP) is 2.22. The van der Waals surface area contributed by atoms with E-state index in [9.17, 15) is 13.2 Å². The first-order chi connectivity index (χ1) is 6.88. The third-order valence-electron chi connectivity index (χ3n) is 1.97. The van der Waals surface area contributed by atoms with Crippen LogP contribution >= 0.6 is 15.9 Å². The fraction of sp³-hybridized carbons (Fsp3) is 0.333. The zero-order valence-electron chi connectivity index (χ0n) is 7.55. The molecule has 1 rings (SSSR count). The number of halogens is 4. The minimum atomic E-state index is -3.46. The van der Waals surface area contributed by atoms with E-state index >= 15 is 0 Å². The largest absolute Gasteiger partial charge is 0.390 e. The van der Waals surface area contributed by atoms with Crippen molar-refractivity contribution in [2.75, 3.05) is 6.61 Å². The van der Waals surface area contributed by atoms with Crippen molar-refractivity contribution in [1.82, 2.24) is 0 Å². The number of aliphatic hydroxyl groups is 1. The minimum absolute atomic E-state index is 0.0604. The molecule has 1 atom stereocenters. The molecule has 0 spiro atoms. The number of benzene rings is 1. The fourth-order valence-corrected chi connectivity index (χ4v) is 1.29. The highest BCUT2D eigenvalue weighted by molar-refractivity contribution is 9.10. The van der Waals surface area contributed by atoms with E-state index in [0.717, 1.165) is 6.07 Å². The van der Waals surface area contributed by atoms with Crippen molar-refractivity contribution >= 4 is 15.9 Å². The van der Waals surface area contributed by atoms with Gasteiger partial charge >= 0.3 is 0 Å². The standard InChI is InChI=1S/C9H9BrF3NO/c10-6-2-1-5(3-7(6)11)8(14)9(12,13)4-15/h1-3,8,15H,4,14H2/t8-/m0/s1. The second-order valence-electron chi connectivity index (χ2n) is 3.07. The molecule has 15 heavy (non-hydrogen) atoms. The van der Waals surface area contributed by atoms with E-state index in [-0.39, 0.29) is 10.0 Å². The Bertz CT molecular complexity index is 359. The summed E-state index contributed by atoms with van der Waals surface area (Å²) in [6.07, 6.45) is 0. The van der Waals surface area contributed by atoms with Crippen LogP contribution in [-0.4, -0.2) is 17.6 Å². The maximum Gasteiger partial charge on any atom is 0.289 e. The van der Waals surface area contributed by atoms with Gasteiger partial charge in [0.25, 0.3) is 5.92 Å². The highest BCUT2D eigenvalue weighted by atomic mass is 79.9. The molecule has 0 aliphatic rings. The van der Waals surface area contributed by atoms with E-state index in [2.05, 4.69) is 15.9 Å². The van der Waals surface area contributed by atoms with Crippen molar-refractivity contribution in [2.45, 2.75) is 12.0 Å². The Morgan fingerprint density at radius 1 is 1.47 bits per heavy atom. The summed E-state index contributed by atoms with van der Waals surface area (Å²) in [6, 6.07) is 1.77. The van der Waals surface area contributed by atoms with Crippen molar-refractivity contribution in [3.8, 4) is 0 Å². The second-order valence-corrected chi connectivity index (χ2v) is 3.92. The summed E-state index contributed by atoms with van der Waals surface area (Å²) in [7, 11) is 0. The molecule has 6 heteroatoms. The van der Waals surface area contributed by atoms with Gasteiger partial charge in [-0.05, 0) is 33.6 Å². The molecule has 2 nitrogen and oxygen atoms in total. The highest BCUT2D eigenvalue weighted by Gasteiger charge is 2.37. The number of rotatable bonds is 3. The molecule has 0 bridgehead atoms. The van der Waals surface area contributed by atoms with Crippen molar-refractivity contribution in [3.05, 3.63) is 34.1 Å². The first-order valence-electron chi connectivity index (χ1n) is 4.07. The van der Waals surface area contributed by atoms with Crippen LogP contribution in [0.1, 0.15) is 11.6 Å². The molecule has 0 aliphatic carbocycles. The predicted molar refractivity (Wildman–Crippen MR) is 53.1 cm³/mol. The summed E-state index contributed by atoms with van der Waals surface area (Å²) in [5.41, 5.74) is 5.15. The molecular formula is C9H9BrF3NO. The first-order valence-corrected chi connectivity index (χ1v) is 4.87. The first kappa shape index (κ1) is 12.5. The van der Waals surface area contributed by atoms with Gasteiger partial charge in [0, 0.05) is 0 Å². The van der Waals surface area contributed by atoms with Gasteiger partial charge in [-0.25, -0.2) is 13.2 Å². The molecule has 0 fully saturated rings. The highest BCUT2D eigenvalue weighted by Crippen LogP contribution is 2.30. The molecule has 0 heterocycles. The summed E-state index contributed by atoms with van der Waals surface area (Å²) >= 11 is 2.89. The van der Waals surface area contributed by atoms with E-state index in [1.807, 2.05) is 0 Å². The summed E-state index contributed by atoms with van der Waals surface area (Å²) in [5, 5.41) is 8.42. The maximum absolute atomic E-state index is 13.0. The quantitative estimate of drug-likeness (QED) is 0.894. The molecule has 0 saturated heterocycles. The molecule has 0 aromatic heterocycles. The van der Waals surface area contributed by atoms with E-state index in [4.69, 9.17) is 10.8 Å². The van der Waals surface area contributed by atoms with E-state index in [0.29, 0.717) is 0 Å². The Balaban J connectivity index is 3.02. The monoisotopic (exact) mass is 283 g/mol. The summed E-state index contributed by atoms with van der Waals surface area (Å²) in [4.78, 5) is 0. The number of nitrogens with two attached hydrogens (primary N) is 1. The average Bonchev–Trinajstić information content (AvgIpc) is 2.21. The Morgan fingerprint density at radius 3 is 2.53 bits per heavy atom. The maximum atomic E-state index is 13.0. The van der Waals surface area contributed by atoms with E-state index in [1.54, 1.807) is 0 Å². The number of aliphatic hydroxyl groups excluding tert-OH is 1. The van der Waals surface area contributed by atoms with Crippen LogP contribution in [-0.2, 0) is 0 Å². The van der Waals surface area contributed by atoms with Gasteiger partial charge in [-0.15, -0.1) is 0 Å². The lowest BCUT2D eigenvalue weighted by atomic mass is 10.0. The molecule has 84 valence electrons. The van der Waals surface area contributed by atoms with Gasteiger partial charge in [0.15, 0.2) is 0 Å². The van der Waals surface area contributed by atoms with Gasteiger partial charge in [0.05, 0.1) is 10.5 Å². The summed E-state index contributed by atoms with van der Waals surface area (Å²) in [5.74, 6) is -4.13. The van der Waals surface area contributed by atoms with Crippen LogP contribution in [0, 0.1) is 5.82 Å². The summed E-state index contributed by atoms with van der Waals surface area (Å²) in [6.45, 7) is -1.37. The molecule has 0 radical (unpaired) electrons. The second kappa shape index (κ2) is 4.51. The van der Waals surface area contributed by atoms with E-state index < -0.39 is 24.4 Å². The van der Waals surface area contributed by atoms with Crippen LogP contribution in [0.3, 0.4) is 0 Å². The third kappa shape index (κ3) is 2.70. The molecule has 0 amide bonds. The van der Waals surface area contributed by atoms with Crippen LogP contribution in [0.15, 0.2) is 22.7 Å². The lowest BCUT2D eigenvalue weighted by molar-refractivity contribution is -0.0712. The Morgan fingerprint density at radius 2 is 2.07 bits per heavy atom. The van der Waals surface area contributed by atoms with Crippen molar-refractivity contribution in [3.63, 3.8) is 0 Å². The molecule has 0 saturated carbocycles. The lowest BCUT2D eigenvalue weighted by Gasteiger charge is -2.21. The Kier molecular flexibility index (Phi) is 3.75. The molecule has 0 aliphatic heterocycles. The van der Waals surface area contributed by atoms with Crippen molar-refractivity contribution in [2.24, 2.45) is 5.73 Å². The zero-order valence-corrected chi connectivity index (χ0v) is 9.14. The number of alkyl halides is 2. The lowest BCUT2D eigenvalue weighted by Crippen LogP contribution is -2.36. The summed E-state index contributed by atoms with van der Waals surface area (Å²) < 4.78 is 39.1. The van der Waals surface area contributed by atoms with Crippen LogP contribution < -0.4 is 5.73 Å². The molecule has 3 N–H and O–H groups in total. The average molecular weight is 284 g/mol. The topological polar surface area (TPSA) is 46.2 Å². The van der Waals surface area contributed by atoms with Gasteiger partial charge in [-0.2, -0.15) is 0 Å². The molecule has 1 aromatic rings. The van der Waals surface area contributed by atoms with Crippen LogP contribution in [0.5, 0.6) is 0 Å². The number of hydrogen-bond acceptors (Lipinski definition) is 2. The zero-order chi connectivity index (χ0) is 11.6. The minimum Gasteiger partial charge on any atom is -0.390 e. The van der Waals surface area contributed by atoms with E-state index in [1.165, 1.54) is 12.1 Å². The normalized spacial score (nSPS) is 14.0. The Labute approximate surface area is 93.0 Å².